The first-order valence-corrected chi connectivity index (χ1v) is 6.65. The van der Waals surface area contributed by atoms with Gasteiger partial charge < -0.3 is 14.0 Å². The molecule has 1 aromatic heterocycles. The number of benzene rings is 1. The maximum atomic E-state index is 8.48. The normalized spacial score (nSPS) is 13.4. The van der Waals surface area contributed by atoms with Crippen LogP contribution < -0.4 is 9.47 Å². The molecular weight excluding hydrogens is 272 g/mol. The fourth-order valence-electron chi connectivity index (χ4n) is 2.22. The van der Waals surface area contributed by atoms with E-state index in [4.69, 9.17) is 19.5 Å². The zero-order valence-corrected chi connectivity index (χ0v) is 11.6. The molecule has 21 heavy (non-hydrogen) atoms. The molecule has 1 aliphatic heterocycles. The summed E-state index contributed by atoms with van der Waals surface area (Å²) in [4.78, 5) is 2.78. The van der Waals surface area contributed by atoms with Crippen LogP contribution in [0, 0.1) is 6.92 Å². The van der Waals surface area contributed by atoms with Gasteiger partial charge in [0.25, 0.3) is 0 Å². The van der Waals surface area contributed by atoms with Gasteiger partial charge in [0.05, 0.1) is 19.8 Å². The predicted octanol–water partition coefficient (Wildman–Crippen LogP) is 3.62. The van der Waals surface area contributed by atoms with Gasteiger partial charge in [-0.2, -0.15) is 0 Å². The van der Waals surface area contributed by atoms with Gasteiger partial charge >= 0.3 is 0 Å². The van der Waals surface area contributed by atoms with Crippen molar-refractivity contribution in [3.05, 3.63) is 40.0 Å². The highest BCUT2D eigenvalue weighted by Gasteiger charge is 2.17. The summed E-state index contributed by atoms with van der Waals surface area (Å²) in [6, 6.07) is 5.62. The highest BCUT2D eigenvalue weighted by atomic mass is 16.5. The van der Waals surface area contributed by atoms with Gasteiger partial charge in [-0.25, -0.2) is 0 Å². The molecule has 0 fully saturated rings. The number of azide groups is 1. The van der Waals surface area contributed by atoms with Crippen LogP contribution in [0.2, 0.25) is 0 Å². The number of nitrogens with zero attached hydrogens (tertiary/aromatic N) is 4. The molecule has 0 unspecified atom stereocenters. The third kappa shape index (κ3) is 2.64. The SMILES string of the molecule is Cc1onc(-c2ccc3c(c2)OCCCO3)c1CN=[N+]=[N-]. The van der Waals surface area contributed by atoms with E-state index in [1.165, 1.54) is 0 Å². The minimum atomic E-state index is 0.204. The fraction of sp³-hybridized carbons (Fsp3) is 0.357. The number of fused-ring (bicyclic) bond motifs is 1. The molecule has 0 bridgehead atoms. The van der Waals surface area contributed by atoms with Crippen molar-refractivity contribution in [3.63, 3.8) is 0 Å². The van der Waals surface area contributed by atoms with Crippen LogP contribution in [0.5, 0.6) is 11.5 Å². The van der Waals surface area contributed by atoms with Crippen molar-refractivity contribution < 1.29 is 14.0 Å². The molecule has 0 saturated heterocycles. The maximum Gasteiger partial charge on any atom is 0.161 e. The summed E-state index contributed by atoms with van der Waals surface area (Å²) < 4.78 is 16.5. The maximum absolute atomic E-state index is 8.48. The number of hydrogen-bond donors (Lipinski definition) is 0. The summed E-state index contributed by atoms with van der Waals surface area (Å²) >= 11 is 0. The molecule has 0 saturated carbocycles. The van der Waals surface area contributed by atoms with Crippen molar-refractivity contribution in [3.8, 4) is 22.8 Å². The van der Waals surface area contributed by atoms with Crippen LogP contribution in [0.25, 0.3) is 21.7 Å². The Hall–Kier alpha value is -2.66. The minimum absolute atomic E-state index is 0.204. The van der Waals surface area contributed by atoms with Crippen molar-refractivity contribution in [2.45, 2.75) is 19.9 Å². The Balaban J connectivity index is 2.01. The Labute approximate surface area is 121 Å². The summed E-state index contributed by atoms with van der Waals surface area (Å²) in [5, 5.41) is 7.64. The lowest BCUT2D eigenvalue weighted by Gasteiger charge is -2.08. The van der Waals surface area contributed by atoms with E-state index < -0.39 is 0 Å². The average Bonchev–Trinajstić information content (AvgIpc) is 2.72. The molecule has 3 rings (SSSR count). The van der Waals surface area contributed by atoms with E-state index in [-0.39, 0.29) is 6.54 Å². The molecule has 0 aliphatic carbocycles. The largest absolute Gasteiger partial charge is 0.490 e. The van der Waals surface area contributed by atoms with Crippen LogP contribution in [0.1, 0.15) is 17.7 Å². The van der Waals surface area contributed by atoms with E-state index in [9.17, 15) is 0 Å². The topological polar surface area (TPSA) is 93.3 Å². The highest BCUT2D eigenvalue weighted by Crippen LogP contribution is 2.35. The molecule has 0 N–H and O–H groups in total. The lowest BCUT2D eigenvalue weighted by molar-refractivity contribution is 0.297. The van der Waals surface area contributed by atoms with Crippen LogP contribution >= 0.6 is 0 Å². The number of aromatic nitrogens is 1. The molecule has 0 radical (unpaired) electrons. The average molecular weight is 286 g/mol. The third-order valence-corrected chi connectivity index (χ3v) is 3.30. The second-order valence-electron chi connectivity index (χ2n) is 4.67. The molecule has 1 aromatic carbocycles. The highest BCUT2D eigenvalue weighted by molar-refractivity contribution is 5.67. The summed E-state index contributed by atoms with van der Waals surface area (Å²) in [5.41, 5.74) is 10.8. The van der Waals surface area contributed by atoms with Crippen LogP contribution in [0.15, 0.2) is 27.8 Å². The standard InChI is InChI=1S/C14H14N4O3/c1-9-11(8-16-18-15)14(17-21-9)10-3-4-12-13(7-10)20-6-2-5-19-12/h3-4,7H,2,5-6,8H2,1H3. The zero-order chi connectivity index (χ0) is 14.7. The molecule has 2 aromatic rings. The second kappa shape index (κ2) is 5.76. The lowest BCUT2D eigenvalue weighted by atomic mass is 10.1. The first-order chi connectivity index (χ1) is 10.3. The van der Waals surface area contributed by atoms with Crippen molar-refractivity contribution >= 4 is 0 Å². The van der Waals surface area contributed by atoms with Crippen LogP contribution in [-0.2, 0) is 6.54 Å². The molecule has 7 nitrogen and oxygen atoms in total. The van der Waals surface area contributed by atoms with Crippen molar-refractivity contribution in [2.75, 3.05) is 13.2 Å². The Bertz CT molecular complexity index is 704. The molecule has 7 heteroatoms. The molecular formula is C14H14N4O3. The van der Waals surface area contributed by atoms with Crippen molar-refractivity contribution in [1.29, 1.82) is 0 Å². The smallest absolute Gasteiger partial charge is 0.161 e. The number of rotatable bonds is 3. The van der Waals surface area contributed by atoms with E-state index in [2.05, 4.69) is 15.2 Å². The van der Waals surface area contributed by atoms with E-state index in [0.717, 1.165) is 23.3 Å². The Morgan fingerprint density at radius 1 is 1.29 bits per heavy atom. The van der Waals surface area contributed by atoms with Gasteiger partial charge in [-0.05, 0) is 30.7 Å². The Morgan fingerprint density at radius 3 is 2.90 bits per heavy atom. The van der Waals surface area contributed by atoms with Gasteiger partial charge in [0.1, 0.15) is 11.5 Å². The van der Waals surface area contributed by atoms with Crippen LogP contribution in [0.3, 0.4) is 0 Å². The monoisotopic (exact) mass is 286 g/mol. The zero-order valence-electron chi connectivity index (χ0n) is 11.6. The number of hydrogen-bond acceptors (Lipinski definition) is 5. The first-order valence-electron chi connectivity index (χ1n) is 6.65. The minimum Gasteiger partial charge on any atom is -0.490 e. The molecule has 0 atom stereocenters. The van der Waals surface area contributed by atoms with Gasteiger partial charge in [-0.15, -0.1) is 0 Å². The van der Waals surface area contributed by atoms with Gasteiger partial charge in [0, 0.05) is 22.5 Å². The number of aryl methyl sites for hydroxylation is 1. The van der Waals surface area contributed by atoms with Gasteiger partial charge in [-0.1, -0.05) is 10.3 Å². The quantitative estimate of drug-likeness (QED) is 0.489. The van der Waals surface area contributed by atoms with E-state index in [1.54, 1.807) is 6.92 Å². The van der Waals surface area contributed by atoms with Gasteiger partial charge in [0.2, 0.25) is 0 Å². The molecule has 1 aliphatic rings. The molecule has 0 amide bonds. The van der Waals surface area contributed by atoms with Crippen molar-refractivity contribution in [2.24, 2.45) is 5.11 Å². The Kier molecular flexibility index (Phi) is 3.66. The van der Waals surface area contributed by atoms with Crippen molar-refractivity contribution in [1.82, 2.24) is 5.16 Å². The van der Waals surface area contributed by atoms with Gasteiger partial charge in [-0.3, -0.25) is 0 Å². The lowest BCUT2D eigenvalue weighted by Crippen LogP contribution is -1.97. The van der Waals surface area contributed by atoms with E-state index in [0.29, 0.717) is 30.4 Å². The van der Waals surface area contributed by atoms with Gasteiger partial charge in [0.15, 0.2) is 11.5 Å². The third-order valence-electron chi connectivity index (χ3n) is 3.30. The predicted molar refractivity (Wildman–Crippen MR) is 75.1 cm³/mol. The summed E-state index contributed by atoms with van der Waals surface area (Å²) in [6.07, 6.45) is 0.856. The fourth-order valence-corrected chi connectivity index (χ4v) is 2.22. The summed E-state index contributed by atoms with van der Waals surface area (Å²) in [6.45, 7) is 3.27. The molecule has 108 valence electrons. The molecule has 2 heterocycles. The summed E-state index contributed by atoms with van der Waals surface area (Å²) in [7, 11) is 0. The van der Waals surface area contributed by atoms with E-state index in [1.807, 2.05) is 18.2 Å². The Morgan fingerprint density at radius 2 is 2.10 bits per heavy atom. The first kappa shape index (κ1) is 13.3. The second-order valence-corrected chi connectivity index (χ2v) is 4.67. The van der Waals surface area contributed by atoms with Crippen LogP contribution in [0.4, 0.5) is 0 Å². The molecule has 0 spiro atoms. The van der Waals surface area contributed by atoms with E-state index >= 15 is 0 Å². The summed E-state index contributed by atoms with van der Waals surface area (Å²) in [5.74, 6) is 2.07. The van der Waals surface area contributed by atoms with Crippen LogP contribution in [-0.4, -0.2) is 18.4 Å². The number of ether oxygens (including phenoxy) is 2.